The number of carbonyl (C=O) groups is 1. The number of nitrogen functional groups attached to an aromatic ring is 1. The number of nitrogens with zero attached hydrogens (tertiary/aromatic N) is 4. The van der Waals surface area contributed by atoms with Gasteiger partial charge in [-0.15, -0.1) is 0 Å². The topological polar surface area (TPSA) is 153 Å². The van der Waals surface area contributed by atoms with Crippen LogP contribution in [0.2, 0.25) is 0 Å². The van der Waals surface area contributed by atoms with Gasteiger partial charge in [-0.2, -0.15) is 0 Å². The molecule has 0 unspecified atom stereocenters. The van der Waals surface area contributed by atoms with Crippen molar-refractivity contribution in [3.05, 3.63) is 54.2 Å². The molecule has 2 fully saturated rings. The molecule has 2 aromatic heterocycles. The van der Waals surface area contributed by atoms with E-state index >= 15 is 0 Å². The molecule has 2 heterocycles. The first kappa shape index (κ1) is 21.2. The van der Waals surface area contributed by atoms with Gasteiger partial charge in [0, 0.05) is 24.5 Å². The van der Waals surface area contributed by atoms with Crippen molar-refractivity contribution >= 4 is 27.6 Å². The quantitative estimate of drug-likeness (QED) is 0.465. The number of rotatable bonds is 6. The summed E-state index contributed by atoms with van der Waals surface area (Å²) >= 11 is 0. The van der Waals surface area contributed by atoms with Crippen LogP contribution in [0.15, 0.2) is 47.6 Å². The second-order valence-corrected chi connectivity index (χ2v) is 10.4. The van der Waals surface area contributed by atoms with E-state index in [1.54, 1.807) is 0 Å². The second-order valence-electron chi connectivity index (χ2n) is 8.12. The van der Waals surface area contributed by atoms with Gasteiger partial charge in [-0.25, -0.2) is 37.5 Å². The first-order chi connectivity index (χ1) is 15.8. The Morgan fingerprint density at radius 1 is 1.09 bits per heavy atom. The van der Waals surface area contributed by atoms with Gasteiger partial charge in [-0.1, -0.05) is 0 Å². The number of hydrogen-bond donors (Lipinski definition) is 3. The molecular formula is C21H20FN7O3S. The third-order valence-electron chi connectivity index (χ3n) is 5.60. The van der Waals surface area contributed by atoms with Gasteiger partial charge in [-0.3, -0.25) is 5.32 Å². The highest BCUT2D eigenvalue weighted by atomic mass is 32.2. The number of nitrogens with two attached hydrogens (primary N) is 1. The Morgan fingerprint density at radius 3 is 2.36 bits per heavy atom. The van der Waals surface area contributed by atoms with E-state index in [1.165, 1.54) is 30.6 Å². The smallest absolute Gasteiger partial charge is 0.321 e. The summed E-state index contributed by atoms with van der Waals surface area (Å²) < 4.78 is 38.7. The fourth-order valence-electron chi connectivity index (χ4n) is 3.50. The van der Waals surface area contributed by atoms with Gasteiger partial charge in [-0.05, 0) is 49.9 Å². The van der Waals surface area contributed by atoms with Gasteiger partial charge in [0.15, 0.2) is 15.7 Å². The van der Waals surface area contributed by atoms with Crippen LogP contribution in [0.3, 0.4) is 0 Å². The number of aromatic nitrogens is 4. The highest BCUT2D eigenvalue weighted by Crippen LogP contribution is 2.54. The number of urea groups is 1. The standard InChI is InChI=1S/C21H20FN7O3S/c22-13-1-5-15(6-2-13)33(31,32)21(7-8-21)16-9-17(23)28-18(27-16)12-10-24-19(25-11-12)29-20(30)26-14-3-4-14/h1-2,5-6,9-11,14H,3-4,7-8H2,(H2,23,27,28)(H2,24,25,26,29,30). The number of nitrogens with one attached hydrogen (secondary N) is 2. The predicted molar refractivity (Wildman–Crippen MR) is 117 cm³/mol. The van der Waals surface area contributed by atoms with Crippen molar-refractivity contribution in [1.29, 1.82) is 0 Å². The SMILES string of the molecule is Nc1cc(C2(S(=O)(=O)c3ccc(F)cc3)CC2)nc(-c2cnc(NC(=O)NC3CC3)nc2)n1. The Hall–Kier alpha value is -3.67. The Morgan fingerprint density at radius 2 is 1.76 bits per heavy atom. The van der Waals surface area contributed by atoms with E-state index < -0.39 is 20.4 Å². The van der Waals surface area contributed by atoms with E-state index in [4.69, 9.17) is 5.73 Å². The monoisotopic (exact) mass is 469 g/mol. The summed E-state index contributed by atoms with van der Waals surface area (Å²) in [7, 11) is -3.84. The third kappa shape index (κ3) is 4.09. The number of halogens is 1. The van der Waals surface area contributed by atoms with Gasteiger partial charge in [0.05, 0.1) is 16.2 Å². The van der Waals surface area contributed by atoms with Crippen molar-refractivity contribution in [2.45, 2.75) is 41.4 Å². The number of hydrogen-bond acceptors (Lipinski definition) is 8. The lowest BCUT2D eigenvalue weighted by Crippen LogP contribution is -2.31. The van der Waals surface area contributed by atoms with Crippen LogP contribution in [0, 0.1) is 5.82 Å². The van der Waals surface area contributed by atoms with Gasteiger partial charge in [0.25, 0.3) is 0 Å². The molecule has 0 saturated heterocycles. The minimum atomic E-state index is -3.84. The normalized spacial score (nSPS) is 16.8. The van der Waals surface area contributed by atoms with Crippen molar-refractivity contribution in [1.82, 2.24) is 25.3 Å². The van der Waals surface area contributed by atoms with Crippen LogP contribution < -0.4 is 16.4 Å². The van der Waals surface area contributed by atoms with Crippen LogP contribution in [0.1, 0.15) is 31.4 Å². The summed E-state index contributed by atoms with van der Waals surface area (Å²) in [6, 6.07) is 5.97. The van der Waals surface area contributed by atoms with Gasteiger partial charge in [0.2, 0.25) is 5.95 Å². The minimum Gasteiger partial charge on any atom is -0.384 e. The molecule has 170 valence electrons. The largest absolute Gasteiger partial charge is 0.384 e. The van der Waals surface area contributed by atoms with Crippen molar-refractivity contribution in [3.8, 4) is 11.4 Å². The molecular weight excluding hydrogens is 449 g/mol. The highest BCUT2D eigenvalue weighted by Gasteiger charge is 2.57. The molecule has 0 bridgehead atoms. The summed E-state index contributed by atoms with van der Waals surface area (Å²) in [5, 5.41) is 5.32. The molecule has 0 spiro atoms. The molecule has 2 aliphatic rings. The maximum atomic E-state index is 13.3. The summed E-state index contributed by atoms with van der Waals surface area (Å²) in [6.45, 7) is 0. The molecule has 0 atom stereocenters. The van der Waals surface area contributed by atoms with Crippen LogP contribution in [-0.4, -0.2) is 40.4 Å². The van der Waals surface area contributed by atoms with Gasteiger partial charge in [0.1, 0.15) is 16.4 Å². The maximum Gasteiger partial charge on any atom is 0.321 e. The summed E-state index contributed by atoms with van der Waals surface area (Å²) in [4.78, 5) is 28.7. The maximum absolute atomic E-state index is 13.3. The number of carbonyl (C=O) groups excluding carboxylic acids is 1. The molecule has 33 heavy (non-hydrogen) atoms. The first-order valence-electron chi connectivity index (χ1n) is 10.3. The fourth-order valence-corrected chi connectivity index (χ4v) is 5.47. The van der Waals surface area contributed by atoms with Crippen LogP contribution in [0.25, 0.3) is 11.4 Å². The van der Waals surface area contributed by atoms with Crippen LogP contribution >= 0.6 is 0 Å². The molecule has 3 aromatic rings. The zero-order valence-corrected chi connectivity index (χ0v) is 18.1. The zero-order chi connectivity index (χ0) is 23.2. The molecule has 1 aromatic carbocycles. The Kier molecular flexibility index (Phi) is 4.96. The minimum absolute atomic E-state index is 0.0170. The number of anilines is 2. The first-order valence-corrected chi connectivity index (χ1v) is 11.8. The third-order valence-corrected chi connectivity index (χ3v) is 8.14. The van der Waals surface area contributed by atoms with Crippen LogP contribution in [0.4, 0.5) is 21.0 Å². The van der Waals surface area contributed by atoms with E-state index in [0.29, 0.717) is 18.4 Å². The van der Waals surface area contributed by atoms with E-state index in [1.807, 2.05) is 0 Å². The Balaban J connectivity index is 1.42. The highest BCUT2D eigenvalue weighted by molar-refractivity contribution is 7.92. The van der Waals surface area contributed by atoms with Crippen LogP contribution in [0.5, 0.6) is 0 Å². The Labute approximate surface area is 188 Å². The summed E-state index contributed by atoms with van der Waals surface area (Å²) in [5.74, 6) is -0.143. The molecule has 10 nitrogen and oxygen atoms in total. The number of amides is 2. The lowest BCUT2D eigenvalue weighted by Gasteiger charge is -2.17. The summed E-state index contributed by atoms with van der Waals surface area (Å²) in [6.07, 6.45) is 5.48. The molecule has 12 heteroatoms. The molecule has 2 aliphatic carbocycles. The van der Waals surface area contributed by atoms with E-state index in [-0.39, 0.29) is 40.3 Å². The fraction of sp³-hybridized carbons (Fsp3) is 0.286. The zero-order valence-electron chi connectivity index (χ0n) is 17.3. The van der Waals surface area contributed by atoms with Crippen molar-refractivity contribution in [3.63, 3.8) is 0 Å². The van der Waals surface area contributed by atoms with Crippen molar-refractivity contribution in [2.75, 3.05) is 11.1 Å². The van der Waals surface area contributed by atoms with Gasteiger partial charge < -0.3 is 11.1 Å². The lowest BCUT2D eigenvalue weighted by atomic mass is 10.2. The average Bonchev–Trinajstić information content (AvgIpc) is 3.69. The molecule has 0 aliphatic heterocycles. The van der Waals surface area contributed by atoms with Crippen LogP contribution in [-0.2, 0) is 14.6 Å². The number of sulfone groups is 1. The average molecular weight is 470 g/mol. The van der Waals surface area contributed by atoms with Crippen molar-refractivity contribution < 1.29 is 17.6 Å². The Bertz CT molecular complexity index is 1320. The molecule has 2 amide bonds. The predicted octanol–water partition coefficient (Wildman–Crippen LogP) is 2.40. The summed E-state index contributed by atoms with van der Waals surface area (Å²) in [5.41, 5.74) is 6.64. The number of benzene rings is 1. The van der Waals surface area contributed by atoms with Gasteiger partial charge >= 0.3 is 6.03 Å². The lowest BCUT2D eigenvalue weighted by molar-refractivity contribution is 0.251. The van der Waals surface area contributed by atoms with E-state index in [0.717, 1.165) is 25.0 Å². The van der Waals surface area contributed by atoms with Crippen molar-refractivity contribution in [2.24, 2.45) is 0 Å². The van der Waals surface area contributed by atoms with E-state index in [2.05, 4.69) is 30.6 Å². The molecule has 5 rings (SSSR count). The second kappa shape index (κ2) is 7.73. The molecule has 4 N–H and O–H groups in total. The molecule has 2 saturated carbocycles. The molecule has 0 radical (unpaired) electrons. The van der Waals surface area contributed by atoms with E-state index in [9.17, 15) is 17.6 Å².